The molecule has 2 aliphatic heterocycles. The lowest BCUT2D eigenvalue weighted by Crippen LogP contribution is -2.42. The van der Waals surface area contributed by atoms with E-state index in [9.17, 15) is 10.1 Å². The van der Waals surface area contributed by atoms with Gasteiger partial charge < -0.3 is 14.5 Å². The van der Waals surface area contributed by atoms with E-state index in [-0.39, 0.29) is 18.6 Å². The van der Waals surface area contributed by atoms with Gasteiger partial charge in [-0.15, -0.1) is 0 Å². The molecule has 1 aromatic heterocycles. The van der Waals surface area contributed by atoms with Crippen LogP contribution in [0.2, 0.25) is 0 Å². The number of aromatic nitrogens is 1. The molecule has 2 aliphatic rings. The first-order valence-electron chi connectivity index (χ1n) is 8.27. The third kappa shape index (κ3) is 3.80. The largest absolute Gasteiger partial charge is 0.376 e. The van der Waals surface area contributed by atoms with Crippen molar-refractivity contribution in [2.45, 2.75) is 31.8 Å². The molecule has 23 heavy (non-hydrogen) atoms. The van der Waals surface area contributed by atoms with E-state index in [0.29, 0.717) is 17.9 Å². The smallest absolute Gasteiger partial charge is 0.242 e. The van der Waals surface area contributed by atoms with E-state index in [1.54, 1.807) is 18.3 Å². The van der Waals surface area contributed by atoms with Crippen LogP contribution in [0.25, 0.3) is 0 Å². The second-order valence-electron chi connectivity index (χ2n) is 6.09. The summed E-state index contributed by atoms with van der Waals surface area (Å²) in [7, 11) is 0. The number of carbonyl (C=O) groups is 1. The number of hydrogen-bond donors (Lipinski definition) is 0. The second kappa shape index (κ2) is 7.42. The van der Waals surface area contributed by atoms with Crippen LogP contribution in [0.1, 0.15) is 31.2 Å². The van der Waals surface area contributed by atoms with Gasteiger partial charge in [0.1, 0.15) is 11.9 Å². The highest BCUT2D eigenvalue weighted by atomic mass is 16.5. The highest BCUT2D eigenvalue weighted by Crippen LogP contribution is 2.21. The first-order valence-corrected chi connectivity index (χ1v) is 8.27. The maximum absolute atomic E-state index is 12.5. The molecule has 0 aromatic carbocycles. The normalized spacial score (nSPS) is 20.5. The fourth-order valence-electron chi connectivity index (χ4n) is 3.23. The molecule has 6 heteroatoms. The Hall–Kier alpha value is -2.13. The first-order chi connectivity index (χ1) is 11.3. The van der Waals surface area contributed by atoms with E-state index in [4.69, 9.17) is 4.74 Å². The summed E-state index contributed by atoms with van der Waals surface area (Å²) >= 11 is 0. The summed E-state index contributed by atoms with van der Waals surface area (Å²) < 4.78 is 5.71. The third-order valence-corrected chi connectivity index (χ3v) is 4.44. The Labute approximate surface area is 136 Å². The molecule has 0 radical (unpaired) electrons. The van der Waals surface area contributed by atoms with Crippen LogP contribution < -0.4 is 4.90 Å². The molecule has 1 amide bonds. The second-order valence-corrected chi connectivity index (χ2v) is 6.09. The predicted octanol–water partition coefficient (Wildman–Crippen LogP) is 1.56. The highest BCUT2D eigenvalue weighted by molar-refractivity contribution is 5.82. The van der Waals surface area contributed by atoms with Crippen molar-refractivity contribution in [3.63, 3.8) is 0 Å². The monoisotopic (exact) mass is 314 g/mol. The van der Waals surface area contributed by atoms with Crippen LogP contribution in [0.5, 0.6) is 0 Å². The van der Waals surface area contributed by atoms with Crippen molar-refractivity contribution < 1.29 is 9.53 Å². The molecule has 2 fully saturated rings. The summed E-state index contributed by atoms with van der Waals surface area (Å²) in [6, 6.07) is 5.66. The van der Waals surface area contributed by atoms with Crippen molar-refractivity contribution in [3.05, 3.63) is 23.9 Å². The Bertz CT molecular complexity index is 587. The van der Waals surface area contributed by atoms with Crippen LogP contribution in [0.3, 0.4) is 0 Å². The average molecular weight is 314 g/mol. The van der Waals surface area contributed by atoms with Gasteiger partial charge >= 0.3 is 0 Å². The molecule has 0 N–H and O–H groups in total. The Kier molecular flexibility index (Phi) is 5.09. The maximum Gasteiger partial charge on any atom is 0.242 e. The van der Waals surface area contributed by atoms with Gasteiger partial charge in [0.15, 0.2) is 0 Å². The molecule has 0 unspecified atom stereocenters. The van der Waals surface area contributed by atoms with E-state index in [1.807, 2.05) is 9.80 Å². The zero-order valence-corrected chi connectivity index (χ0v) is 13.3. The zero-order valence-electron chi connectivity index (χ0n) is 13.3. The Balaban J connectivity index is 1.77. The summed E-state index contributed by atoms with van der Waals surface area (Å²) in [5.74, 6) is 0.688. The van der Waals surface area contributed by atoms with E-state index in [2.05, 4.69) is 11.1 Å². The van der Waals surface area contributed by atoms with Gasteiger partial charge in [-0.05, 0) is 37.8 Å². The predicted molar refractivity (Wildman–Crippen MR) is 86.0 cm³/mol. The minimum absolute atomic E-state index is 0.106. The number of carbonyl (C=O) groups excluding carboxylic acids is 1. The van der Waals surface area contributed by atoms with Gasteiger partial charge in [-0.1, -0.05) is 0 Å². The van der Waals surface area contributed by atoms with Gasteiger partial charge in [-0.25, -0.2) is 4.98 Å². The summed E-state index contributed by atoms with van der Waals surface area (Å²) in [4.78, 5) is 20.7. The molecule has 1 aromatic rings. The molecule has 122 valence electrons. The number of ether oxygens (including phenoxy) is 1. The highest BCUT2D eigenvalue weighted by Gasteiger charge is 2.26. The van der Waals surface area contributed by atoms with Gasteiger partial charge in [0, 0.05) is 32.4 Å². The van der Waals surface area contributed by atoms with Crippen molar-refractivity contribution in [2.24, 2.45) is 0 Å². The van der Waals surface area contributed by atoms with Crippen LogP contribution in [-0.2, 0) is 9.53 Å². The third-order valence-electron chi connectivity index (χ3n) is 4.44. The van der Waals surface area contributed by atoms with Crippen LogP contribution >= 0.6 is 0 Å². The lowest BCUT2D eigenvalue weighted by atomic mass is 10.2. The van der Waals surface area contributed by atoms with E-state index >= 15 is 0 Å². The Morgan fingerprint density at radius 1 is 1.43 bits per heavy atom. The number of hydrogen-bond acceptors (Lipinski definition) is 5. The molecule has 1 atom stereocenters. The topological polar surface area (TPSA) is 69.5 Å². The summed E-state index contributed by atoms with van der Waals surface area (Å²) in [5.41, 5.74) is 0.500. The number of pyridine rings is 1. The molecule has 2 saturated heterocycles. The summed E-state index contributed by atoms with van der Waals surface area (Å²) in [6.07, 6.45) is 5.96. The van der Waals surface area contributed by atoms with Crippen LogP contribution in [0.4, 0.5) is 5.82 Å². The average Bonchev–Trinajstić information content (AvgIpc) is 3.27. The molecular weight excluding hydrogens is 292 g/mol. The van der Waals surface area contributed by atoms with Gasteiger partial charge in [-0.2, -0.15) is 5.26 Å². The molecular formula is C17H22N4O2. The van der Waals surface area contributed by atoms with Crippen molar-refractivity contribution in [2.75, 3.05) is 37.7 Å². The van der Waals surface area contributed by atoms with Crippen LogP contribution in [0, 0.1) is 11.3 Å². The van der Waals surface area contributed by atoms with Crippen LogP contribution in [-0.4, -0.2) is 54.7 Å². The van der Waals surface area contributed by atoms with Crippen molar-refractivity contribution >= 4 is 11.7 Å². The number of likely N-dealkylation sites (tertiary alicyclic amines) is 1. The van der Waals surface area contributed by atoms with Gasteiger partial charge in [-0.3, -0.25) is 4.79 Å². The van der Waals surface area contributed by atoms with Gasteiger partial charge in [0.05, 0.1) is 18.2 Å². The van der Waals surface area contributed by atoms with Gasteiger partial charge in [0.25, 0.3) is 0 Å². The maximum atomic E-state index is 12.5. The molecule has 6 nitrogen and oxygen atoms in total. The minimum Gasteiger partial charge on any atom is -0.376 e. The minimum atomic E-state index is 0.106. The van der Waals surface area contributed by atoms with Crippen molar-refractivity contribution in [1.82, 2.24) is 9.88 Å². The van der Waals surface area contributed by atoms with E-state index < -0.39 is 0 Å². The quantitative estimate of drug-likeness (QED) is 0.825. The molecule has 0 spiro atoms. The standard InChI is InChI=1S/C17H22N4O2/c18-11-14-5-3-7-19-17(14)21(12-15-6-4-10-23-15)13-16(22)20-8-1-2-9-20/h3,5,7,15H,1-2,4,6,8-10,12-13H2/t15-/m0/s1. The lowest BCUT2D eigenvalue weighted by Gasteiger charge is -2.28. The van der Waals surface area contributed by atoms with Crippen molar-refractivity contribution in [3.8, 4) is 6.07 Å². The molecule has 3 rings (SSSR count). The molecule has 0 bridgehead atoms. The van der Waals surface area contributed by atoms with Gasteiger partial charge in [0.2, 0.25) is 5.91 Å². The number of rotatable bonds is 5. The van der Waals surface area contributed by atoms with Crippen molar-refractivity contribution in [1.29, 1.82) is 5.26 Å². The van der Waals surface area contributed by atoms with E-state index in [0.717, 1.165) is 45.4 Å². The number of nitrogens with zero attached hydrogens (tertiary/aromatic N) is 4. The number of amides is 1. The molecule has 3 heterocycles. The number of nitriles is 1. The fraction of sp³-hybridized carbons (Fsp3) is 0.588. The van der Waals surface area contributed by atoms with Crippen LogP contribution in [0.15, 0.2) is 18.3 Å². The molecule has 0 saturated carbocycles. The number of anilines is 1. The fourth-order valence-corrected chi connectivity index (χ4v) is 3.23. The summed E-state index contributed by atoms with van der Waals surface area (Å²) in [6.45, 7) is 3.29. The first kappa shape index (κ1) is 15.8. The summed E-state index contributed by atoms with van der Waals surface area (Å²) in [5, 5.41) is 9.33. The SMILES string of the molecule is N#Cc1cccnc1N(CC(=O)N1CCCC1)C[C@@H]1CCCO1. The van der Waals surface area contributed by atoms with E-state index in [1.165, 1.54) is 0 Å². The molecule has 0 aliphatic carbocycles. The Morgan fingerprint density at radius 3 is 2.96 bits per heavy atom. The Morgan fingerprint density at radius 2 is 2.26 bits per heavy atom. The lowest BCUT2D eigenvalue weighted by molar-refractivity contribution is -0.128. The zero-order chi connectivity index (χ0) is 16.1.